The highest BCUT2D eigenvalue weighted by Gasteiger charge is 1.96. The fourth-order valence-electron chi connectivity index (χ4n) is 0.574. The minimum Gasteiger partial charge on any atom is -0.316 e. The molecule has 0 rings (SSSR count). The highest BCUT2D eigenvalue weighted by atomic mass is 14.9. The van der Waals surface area contributed by atoms with Gasteiger partial charge in [0, 0.05) is 12.5 Å². The molecule has 0 amide bonds. The molecule has 0 aliphatic heterocycles. The Morgan fingerprint density at radius 3 is 2.50 bits per heavy atom. The van der Waals surface area contributed by atoms with E-state index in [1.165, 1.54) is 0 Å². The van der Waals surface area contributed by atoms with Gasteiger partial charge in [-0.15, -0.1) is 0 Å². The highest BCUT2D eigenvalue weighted by molar-refractivity contribution is 4.82. The SMILES string of the molecule is [C]#CCC(CC)NC. The van der Waals surface area contributed by atoms with Gasteiger partial charge in [0.25, 0.3) is 0 Å². The van der Waals surface area contributed by atoms with Gasteiger partial charge in [0.2, 0.25) is 0 Å². The molecule has 0 heterocycles. The van der Waals surface area contributed by atoms with Crippen molar-refractivity contribution >= 4 is 0 Å². The second-order valence-electron chi connectivity index (χ2n) is 1.77. The van der Waals surface area contributed by atoms with Gasteiger partial charge in [-0.1, -0.05) is 12.8 Å². The molecule has 0 aromatic rings. The van der Waals surface area contributed by atoms with Gasteiger partial charge in [-0.05, 0) is 19.9 Å². The van der Waals surface area contributed by atoms with Crippen LogP contribution < -0.4 is 5.32 Å². The number of hydrogen-bond donors (Lipinski definition) is 1. The van der Waals surface area contributed by atoms with E-state index in [9.17, 15) is 0 Å². The van der Waals surface area contributed by atoms with Crippen molar-refractivity contribution in [2.45, 2.75) is 25.8 Å². The molecule has 0 aromatic carbocycles. The molecule has 0 aliphatic rings. The van der Waals surface area contributed by atoms with Crippen LogP contribution in [0.1, 0.15) is 19.8 Å². The third kappa shape index (κ3) is 2.65. The predicted molar refractivity (Wildman–Crippen MR) is 34.9 cm³/mol. The maximum atomic E-state index is 6.65. The molecule has 0 saturated carbocycles. The summed E-state index contributed by atoms with van der Waals surface area (Å²) in [6.07, 6.45) is 8.45. The molecule has 1 N–H and O–H groups in total. The fourth-order valence-corrected chi connectivity index (χ4v) is 0.574. The molecule has 1 nitrogen and oxygen atoms in total. The van der Waals surface area contributed by atoms with E-state index >= 15 is 0 Å². The number of rotatable bonds is 3. The summed E-state index contributed by atoms with van der Waals surface area (Å²) < 4.78 is 0. The van der Waals surface area contributed by atoms with E-state index < -0.39 is 0 Å². The first-order chi connectivity index (χ1) is 3.85. The van der Waals surface area contributed by atoms with Crippen LogP contribution in [0, 0.1) is 12.3 Å². The van der Waals surface area contributed by atoms with E-state index in [1.807, 2.05) is 7.05 Å². The van der Waals surface area contributed by atoms with Crippen molar-refractivity contribution in [2.75, 3.05) is 7.05 Å². The maximum Gasteiger partial charge on any atom is 0.0253 e. The van der Waals surface area contributed by atoms with Crippen molar-refractivity contribution in [2.24, 2.45) is 0 Å². The third-order valence-corrected chi connectivity index (χ3v) is 1.25. The van der Waals surface area contributed by atoms with E-state index in [2.05, 4.69) is 18.2 Å². The predicted octanol–water partition coefficient (Wildman–Crippen LogP) is 0.964. The summed E-state index contributed by atoms with van der Waals surface area (Å²) in [6.45, 7) is 2.10. The molecular weight excluding hydrogens is 98.1 g/mol. The van der Waals surface area contributed by atoms with Crippen LogP contribution in [0.25, 0.3) is 0 Å². The van der Waals surface area contributed by atoms with E-state index in [0.29, 0.717) is 6.04 Å². The average Bonchev–Trinajstić information content (AvgIpc) is 1.83. The minimum absolute atomic E-state index is 0.451. The van der Waals surface area contributed by atoms with Crippen molar-refractivity contribution in [3.63, 3.8) is 0 Å². The van der Waals surface area contributed by atoms with Crippen LogP contribution >= 0.6 is 0 Å². The molecule has 0 aromatic heterocycles. The summed E-state index contributed by atoms with van der Waals surface area (Å²) in [5.74, 6) is 2.36. The van der Waals surface area contributed by atoms with Crippen molar-refractivity contribution in [3.8, 4) is 5.92 Å². The molecule has 8 heavy (non-hydrogen) atoms. The first-order valence-corrected chi connectivity index (χ1v) is 2.92. The van der Waals surface area contributed by atoms with Gasteiger partial charge in [-0.25, -0.2) is 0 Å². The molecule has 0 saturated heterocycles. The van der Waals surface area contributed by atoms with Crippen molar-refractivity contribution in [1.82, 2.24) is 5.32 Å². The second-order valence-corrected chi connectivity index (χ2v) is 1.77. The molecule has 0 bridgehead atoms. The normalized spacial score (nSPS) is 12.6. The monoisotopic (exact) mass is 110 g/mol. The Balaban J connectivity index is 3.25. The summed E-state index contributed by atoms with van der Waals surface area (Å²) in [7, 11) is 1.91. The first-order valence-electron chi connectivity index (χ1n) is 2.92. The molecular formula is C7H12N. The van der Waals surface area contributed by atoms with Gasteiger partial charge in [0.05, 0.1) is 0 Å². The lowest BCUT2D eigenvalue weighted by Crippen LogP contribution is -2.23. The largest absolute Gasteiger partial charge is 0.316 e. The Kier molecular flexibility index (Phi) is 4.39. The first kappa shape index (κ1) is 7.52. The van der Waals surface area contributed by atoms with Crippen molar-refractivity contribution in [3.05, 3.63) is 6.42 Å². The molecule has 1 radical (unpaired) electrons. The van der Waals surface area contributed by atoms with Crippen LogP contribution in [0.3, 0.4) is 0 Å². The minimum atomic E-state index is 0.451. The summed E-state index contributed by atoms with van der Waals surface area (Å²) in [5.41, 5.74) is 0. The van der Waals surface area contributed by atoms with E-state index in [0.717, 1.165) is 12.8 Å². The Morgan fingerprint density at radius 2 is 2.38 bits per heavy atom. The van der Waals surface area contributed by atoms with Crippen molar-refractivity contribution in [1.29, 1.82) is 0 Å². The Labute approximate surface area is 51.5 Å². The zero-order valence-electron chi connectivity index (χ0n) is 5.49. The van der Waals surface area contributed by atoms with Gasteiger partial charge in [0.1, 0.15) is 0 Å². The summed E-state index contributed by atoms with van der Waals surface area (Å²) in [5, 5.41) is 3.07. The molecule has 0 aliphatic carbocycles. The van der Waals surface area contributed by atoms with Crippen LogP contribution in [-0.4, -0.2) is 13.1 Å². The van der Waals surface area contributed by atoms with Gasteiger partial charge in [-0.3, -0.25) is 0 Å². The van der Waals surface area contributed by atoms with Gasteiger partial charge < -0.3 is 5.32 Å². The van der Waals surface area contributed by atoms with Crippen molar-refractivity contribution < 1.29 is 0 Å². The summed E-state index contributed by atoms with van der Waals surface area (Å²) >= 11 is 0. The van der Waals surface area contributed by atoms with Gasteiger partial charge >= 0.3 is 0 Å². The Hall–Kier alpha value is -0.480. The lowest BCUT2D eigenvalue weighted by Gasteiger charge is -2.07. The zero-order valence-corrected chi connectivity index (χ0v) is 5.49. The Bertz CT molecular complexity index is 76.9. The summed E-state index contributed by atoms with van der Waals surface area (Å²) in [6, 6.07) is 0.451. The van der Waals surface area contributed by atoms with Crippen LogP contribution in [0.2, 0.25) is 0 Å². The molecule has 1 heteroatoms. The third-order valence-electron chi connectivity index (χ3n) is 1.25. The lowest BCUT2D eigenvalue weighted by atomic mass is 10.2. The smallest absolute Gasteiger partial charge is 0.0253 e. The molecule has 1 atom stereocenters. The zero-order chi connectivity index (χ0) is 6.41. The van der Waals surface area contributed by atoms with Crippen LogP contribution in [-0.2, 0) is 0 Å². The maximum absolute atomic E-state index is 6.65. The lowest BCUT2D eigenvalue weighted by molar-refractivity contribution is 0.559. The number of hydrogen-bond acceptors (Lipinski definition) is 1. The van der Waals surface area contributed by atoms with Gasteiger partial charge in [-0.2, -0.15) is 0 Å². The Morgan fingerprint density at radius 1 is 1.75 bits per heavy atom. The standard InChI is InChI=1S/C7H12N/c1-4-6-7(5-2)8-3/h7-8H,5-6H2,2-3H3. The molecule has 45 valence electrons. The molecule has 0 fully saturated rings. The van der Waals surface area contributed by atoms with E-state index in [4.69, 9.17) is 6.42 Å². The average molecular weight is 110 g/mol. The van der Waals surface area contributed by atoms with Gasteiger partial charge in [0.15, 0.2) is 0 Å². The van der Waals surface area contributed by atoms with Crippen LogP contribution in [0.4, 0.5) is 0 Å². The summed E-state index contributed by atoms with van der Waals surface area (Å²) in [4.78, 5) is 0. The highest BCUT2D eigenvalue weighted by Crippen LogP contribution is 1.92. The second kappa shape index (κ2) is 4.67. The van der Waals surface area contributed by atoms with Crippen LogP contribution in [0.5, 0.6) is 0 Å². The molecule has 1 unspecified atom stereocenters. The quantitative estimate of drug-likeness (QED) is 0.534. The molecule has 0 spiro atoms. The van der Waals surface area contributed by atoms with Crippen LogP contribution in [0.15, 0.2) is 0 Å². The van der Waals surface area contributed by atoms with E-state index in [1.54, 1.807) is 0 Å². The number of nitrogens with one attached hydrogen (secondary N) is 1. The fraction of sp³-hybridized carbons (Fsp3) is 0.714. The van der Waals surface area contributed by atoms with E-state index in [-0.39, 0.29) is 0 Å². The topological polar surface area (TPSA) is 12.0 Å².